The van der Waals surface area contributed by atoms with Crippen LogP contribution in [0.25, 0.3) is 0 Å². The lowest BCUT2D eigenvalue weighted by atomic mass is 9.94. The monoisotopic (exact) mass is 220 g/mol. The number of hydrogen-bond donors (Lipinski definition) is 0. The Morgan fingerprint density at radius 3 is 3.00 bits per heavy atom. The fraction of sp³-hybridized carbons (Fsp3) is 0.462. The van der Waals surface area contributed by atoms with E-state index < -0.39 is 0 Å². The van der Waals surface area contributed by atoms with Gasteiger partial charge >= 0.3 is 0 Å². The van der Waals surface area contributed by atoms with Crippen molar-refractivity contribution in [2.45, 2.75) is 19.3 Å². The summed E-state index contributed by atoms with van der Waals surface area (Å²) in [5, 5.41) is 0. The first kappa shape index (κ1) is 11.3. The van der Waals surface area contributed by atoms with Crippen molar-refractivity contribution < 1.29 is 4.39 Å². The zero-order chi connectivity index (χ0) is 11.5. The van der Waals surface area contributed by atoms with E-state index in [0.717, 1.165) is 30.7 Å². The molecule has 2 rings (SSSR count). The normalized spacial score (nSPS) is 19.0. The molecule has 0 aromatic rings. The van der Waals surface area contributed by atoms with Crippen LogP contribution in [-0.4, -0.2) is 31.3 Å². The summed E-state index contributed by atoms with van der Waals surface area (Å²) in [5.74, 6) is -0.130. The lowest BCUT2D eigenvalue weighted by Gasteiger charge is -2.12. The molecule has 3 heteroatoms. The molecule has 0 N–H and O–H groups in total. The standard InChI is InChI=1S/C13H17FN2/c1-16(2)7-3-4-10-9-15-13-6-5-11(14)8-12(10)13/h5,8-9H,3-4,6-7H2,1-2H3. The highest BCUT2D eigenvalue weighted by Gasteiger charge is 2.19. The number of allylic oxidation sites excluding steroid dienone is 5. The zero-order valence-electron chi connectivity index (χ0n) is 9.83. The van der Waals surface area contributed by atoms with E-state index in [0.29, 0.717) is 6.42 Å². The van der Waals surface area contributed by atoms with Crippen LogP contribution in [0.5, 0.6) is 0 Å². The van der Waals surface area contributed by atoms with Crippen molar-refractivity contribution in [3.63, 3.8) is 0 Å². The SMILES string of the molecule is CN(C)CCCC1=CN=C2CC=C(F)C=C12. The van der Waals surface area contributed by atoms with Gasteiger partial charge < -0.3 is 4.90 Å². The van der Waals surface area contributed by atoms with Crippen LogP contribution in [0.3, 0.4) is 0 Å². The topological polar surface area (TPSA) is 15.6 Å². The van der Waals surface area contributed by atoms with Gasteiger partial charge in [0, 0.05) is 18.2 Å². The summed E-state index contributed by atoms with van der Waals surface area (Å²) in [4.78, 5) is 6.49. The molecule has 1 aliphatic heterocycles. The maximum absolute atomic E-state index is 13.1. The predicted octanol–water partition coefficient (Wildman–Crippen LogP) is 2.85. The molecule has 0 radical (unpaired) electrons. The highest BCUT2D eigenvalue weighted by molar-refractivity contribution is 6.08. The molecule has 1 aliphatic carbocycles. The van der Waals surface area contributed by atoms with Crippen molar-refractivity contribution in [3.8, 4) is 0 Å². The molecule has 0 aromatic heterocycles. The number of nitrogens with zero attached hydrogens (tertiary/aromatic N) is 2. The van der Waals surface area contributed by atoms with E-state index in [1.807, 2.05) is 6.20 Å². The number of fused-ring (bicyclic) bond motifs is 1. The van der Waals surface area contributed by atoms with Crippen molar-refractivity contribution in [1.82, 2.24) is 4.90 Å². The molecule has 0 bridgehead atoms. The van der Waals surface area contributed by atoms with Gasteiger partial charge in [-0.25, -0.2) is 4.39 Å². The fourth-order valence-electron chi connectivity index (χ4n) is 1.99. The van der Waals surface area contributed by atoms with Gasteiger partial charge in [-0.3, -0.25) is 4.99 Å². The minimum atomic E-state index is -0.130. The third kappa shape index (κ3) is 2.47. The average Bonchev–Trinajstić information content (AvgIpc) is 2.60. The summed E-state index contributed by atoms with van der Waals surface area (Å²) in [6.07, 6.45) is 7.78. The zero-order valence-corrected chi connectivity index (χ0v) is 9.83. The molecule has 16 heavy (non-hydrogen) atoms. The van der Waals surface area contributed by atoms with Crippen LogP contribution in [-0.2, 0) is 0 Å². The van der Waals surface area contributed by atoms with Crippen LogP contribution < -0.4 is 0 Å². The second-order valence-electron chi connectivity index (χ2n) is 4.49. The molecule has 2 nitrogen and oxygen atoms in total. The highest BCUT2D eigenvalue weighted by Crippen LogP contribution is 2.29. The maximum atomic E-state index is 13.1. The second-order valence-corrected chi connectivity index (χ2v) is 4.49. The van der Waals surface area contributed by atoms with E-state index in [4.69, 9.17) is 0 Å². The van der Waals surface area contributed by atoms with Gasteiger partial charge in [0.25, 0.3) is 0 Å². The van der Waals surface area contributed by atoms with E-state index in [-0.39, 0.29) is 5.83 Å². The van der Waals surface area contributed by atoms with Crippen LogP contribution in [0.1, 0.15) is 19.3 Å². The van der Waals surface area contributed by atoms with E-state index in [1.165, 1.54) is 5.57 Å². The van der Waals surface area contributed by atoms with Gasteiger partial charge in [0.05, 0.1) is 5.71 Å². The van der Waals surface area contributed by atoms with Crippen molar-refractivity contribution in [2.75, 3.05) is 20.6 Å². The van der Waals surface area contributed by atoms with E-state index in [1.54, 1.807) is 12.2 Å². The Kier molecular flexibility index (Phi) is 3.34. The Balaban J connectivity index is 1.96. The van der Waals surface area contributed by atoms with Gasteiger partial charge in [-0.1, -0.05) is 0 Å². The summed E-state index contributed by atoms with van der Waals surface area (Å²) in [6.45, 7) is 1.05. The van der Waals surface area contributed by atoms with Gasteiger partial charge in [0.15, 0.2) is 0 Å². The molecule has 0 atom stereocenters. The van der Waals surface area contributed by atoms with Crippen LogP contribution >= 0.6 is 0 Å². The van der Waals surface area contributed by atoms with Crippen LogP contribution in [0.2, 0.25) is 0 Å². The van der Waals surface area contributed by atoms with Crippen LogP contribution in [0, 0.1) is 0 Å². The minimum absolute atomic E-state index is 0.130. The van der Waals surface area contributed by atoms with Gasteiger partial charge in [-0.05, 0) is 51.2 Å². The molecule has 0 fully saturated rings. The van der Waals surface area contributed by atoms with E-state index in [9.17, 15) is 4.39 Å². The van der Waals surface area contributed by atoms with Gasteiger partial charge in [-0.15, -0.1) is 0 Å². The quantitative estimate of drug-likeness (QED) is 0.711. The Bertz CT molecular complexity index is 400. The summed E-state index contributed by atoms with van der Waals surface area (Å²) in [5.41, 5.74) is 3.21. The summed E-state index contributed by atoms with van der Waals surface area (Å²) in [7, 11) is 4.13. The summed E-state index contributed by atoms with van der Waals surface area (Å²) < 4.78 is 13.1. The summed E-state index contributed by atoms with van der Waals surface area (Å²) in [6, 6.07) is 0. The maximum Gasteiger partial charge on any atom is 0.120 e. The Hall–Kier alpha value is -1.22. The van der Waals surface area contributed by atoms with Crippen LogP contribution in [0.4, 0.5) is 4.39 Å². The number of aliphatic imine (C=N–C) groups is 1. The average molecular weight is 220 g/mol. The molecule has 0 saturated carbocycles. The van der Waals surface area contributed by atoms with Crippen LogP contribution in [0.15, 0.2) is 40.3 Å². The molecule has 0 aromatic carbocycles. The van der Waals surface area contributed by atoms with E-state index >= 15 is 0 Å². The molecule has 2 aliphatic rings. The van der Waals surface area contributed by atoms with E-state index in [2.05, 4.69) is 24.0 Å². The van der Waals surface area contributed by atoms with Crippen molar-refractivity contribution in [3.05, 3.63) is 35.3 Å². The molecule has 0 unspecified atom stereocenters. The largest absolute Gasteiger partial charge is 0.309 e. The second kappa shape index (κ2) is 4.74. The van der Waals surface area contributed by atoms with Gasteiger partial charge in [0.2, 0.25) is 0 Å². The number of halogens is 1. The Labute approximate surface area is 95.9 Å². The lowest BCUT2D eigenvalue weighted by Crippen LogP contribution is -2.13. The van der Waals surface area contributed by atoms with Gasteiger partial charge in [0.1, 0.15) is 5.83 Å². The highest BCUT2D eigenvalue weighted by atomic mass is 19.1. The van der Waals surface area contributed by atoms with Crippen molar-refractivity contribution in [1.29, 1.82) is 0 Å². The molecule has 0 saturated heterocycles. The third-order valence-corrected chi connectivity index (χ3v) is 2.86. The fourth-order valence-corrected chi connectivity index (χ4v) is 1.99. The van der Waals surface area contributed by atoms with Crippen molar-refractivity contribution >= 4 is 5.71 Å². The molecule has 1 heterocycles. The first-order valence-electron chi connectivity index (χ1n) is 5.65. The molecular weight excluding hydrogens is 203 g/mol. The smallest absolute Gasteiger partial charge is 0.120 e. The first-order chi connectivity index (χ1) is 7.66. The third-order valence-electron chi connectivity index (χ3n) is 2.86. The summed E-state index contributed by atoms with van der Waals surface area (Å²) >= 11 is 0. The minimum Gasteiger partial charge on any atom is -0.309 e. The molecule has 0 spiro atoms. The Morgan fingerprint density at radius 1 is 1.44 bits per heavy atom. The molecule has 86 valence electrons. The Morgan fingerprint density at radius 2 is 2.25 bits per heavy atom. The van der Waals surface area contributed by atoms with Crippen molar-refractivity contribution in [2.24, 2.45) is 4.99 Å². The number of rotatable bonds is 4. The lowest BCUT2D eigenvalue weighted by molar-refractivity contribution is 0.400. The molecule has 0 amide bonds. The number of hydrogen-bond acceptors (Lipinski definition) is 2. The predicted molar refractivity (Wildman–Crippen MR) is 65.2 cm³/mol. The van der Waals surface area contributed by atoms with Gasteiger partial charge in [-0.2, -0.15) is 0 Å². The molecular formula is C13H17FN2. The first-order valence-corrected chi connectivity index (χ1v) is 5.65.